The van der Waals surface area contributed by atoms with Crippen molar-refractivity contribution in [2.24, 2.45) is 0 Å². The van der Waals surface area contributed by atoms with Gasteiger partial charge in [0.05, 0.1) is 18.9 Å². The average Bonchev–Trinajstić information content (AvgIpc) is 3.22. The van der Waals surface area contributed by atoms with E-state index < -0.39 is 0 Å². The molecular formula is C24H23N5O2S. The Bertz CT molecular complexity index is 1120. The first kappa shape index (κ1) is 21.5. The number of methoxy groups -OCH3 is 1. The monoisotopic (exact) mass is 445 g/mol. The Morgan fingerprint density at radius 1 is 0.969 bits per heavy atom. The van der Waals surface area contributed by atoms with Crippen LogP contribution in [0.1, 0.15) is 17.2 Å². The summed E-state index contributed by atoms with van der Waals surface area (Å²) < 4.78 is 6.57. The fourth-order valence-corrected chi connectivity index (χ4v) is 3.96. The number of carbonyl (C=O) groups excluding carboxylic acids is 1. The average molecular weight is 446 g/mol. The Hall–Kier alpha value is -3.78. The molecule has 0 unspecified atom stereocenters. The van der Waals surface area contributed by atoms with E-state index in [-0.39, 0.29) is 17.7 Å². The van der Waals surface area contributed by atoms with Gasteiger partial charge in [0.25, 0.3) is 0 Å². The van der Waals surface area contributed by atoms with Crippen LogP contribution in [0.2, 0.25) is 0 Å². The lowest BCUT2D eigenvalue weighted by atomic mass is 9.99. The molecule has 1 amide bonds. The number of aromatic nitrogens is 3. The van der Waals surface area contributed by atoms with Gasteiger partial charge < -0.3 is 15.9 Å². The van der Waals surface area contributed by atoms with Gasteiger partial charge in [-0.1, -0.05) is 72.4 Å². The maximum Gasteiger partial charge on any atom is 0.231 e. The largest absolute Gasteiger partial charge is 0.497 e. The number of rotatable bonds is 8. The number of benzene rings is 3. The molecule has 1 heterocycles. The maximum atomic E-state index is 12.8. The number of thioether (sulfide) groups is 1. The molecule has 4 aromatic rings. The number of ether oxygens (including phenoxy) is 1. The first-order valence-electron chi connectivity index (χ1n) is 10.0. The van der Waals surface area contributed by atoms with Crippen molar-refractivity contribution in [3.05, 3.63) is 96.1 Å². The van der Waals surface area contributed by atoms with Gasteiger partial charge in [-0.05, 0) is 35.4 Å². The van der Waals surface area contributed by atoms with Crippen LogP contribution in [0.3, 0.4) is 0 Å². The summed E-state index contributed by atoms with van der Waals surface area (Å²) in [4.78, 5) is 12.8. The van der Waals surface area contributed by atoms with Crippen LogP contribution in [-0.2, 0) is 4.79 Å². The maximum absolute atomic E-state index is 12.8. The summed E-state index contributed by atoms with van der Waals surface area (Å²) >= 11 is 1.24. The number of amides is 1. The molecule has 3 N–H and O–H groups in total. The molecule has 0 atom stereocenters. The Morgan fingerprint density at radius 3 is 2.12 bits per heavy atom. The second-order valence-corrected chi connectivity index (χ2v) is 7.96. The molecule has 0 aliphatic rings. The van der Waals surface area contributed by atoms with Gasteiger partial charge in [0, 0.05) is 5.56 Å². The smallest absolute Gasteiger partial charge is 0.231 e. The Morgan fingerprint density at radius 2 is 1.56 bits per heavy atom. The van der Waals surface area contributed by atoms with E-state index in [0.29, 0.717) is 11.0 Å². The molecular weight excluding hydrogens is 422 g/mol. The first-order chi connectivity index (χ1) is 15.7. The molecule has 1 aromatic heterocycles. The molecule has 3 aromatic carbocycles. The molecule has 0 spiro atoms. The van der Waals surface area contributed by atoms with Crippen LogP contribution in [0.15, 0.2) is 90.1 Å². The van der Waals surface area contributed by atoms with Crippen LogP contribution < -0.4 is 15.9 Å². The lowest BCUT2D eigenvalue weighted by molar-refractivity contribution is -0.119. The number of nitrogens with two attached hydrogens (primary N) is 1. The summed E-state index contributed by atoms with van der Waals surface area (Å²) in [5.41, 5.74) is 2.84. The molecule has 0 fully saturated rings. The summed E-state index contributed by atoms with van der Waals surface area (Å²) in [7, 11) is 1.61. The van der Waals surface area contributed by atoms with Crippen LogP contribution in [0.25, 0.3) is 11.4 Å². The normalized spacial score (nSPS) is 10.8. The van der Waals surface area contributed by atoms with Gasteiger partial charge in [0.15, 0.2) is 5.82 Å². The summed E-state index contributed by atoms with van der Waals surface area (Å²) in [6, 6.07) is 26.9. The van der Waals surface area contributed by atoms with Crippen molar-refractivity contribution in [3.63, 3.8) is 0 Å². The van der Waals surface area contributed by atoms with E-state index in [4.69, 9.17) is 10.6 Å². The summed E-state index contributed by atoms with van der Waals surface area (Å²) in [5.74, 6) is 7.48. The van der Waals surface area contributed by atoms with E-state index in [1.54, 1.807) is 7.11 Å². The van der Waals surface area contributed by atoms with Crippen LogP contribution in [-0.4, -0.2) is 33.6 Å². The zero-order valence-corrected chi connectivity index (χ0v) is 18.3. The minimum absolute atomic E-state index is 0.123. The minimum atomic E-state index is -0.240. The molecule has 32 heavy (non-hydrogen) atoms. The number of nitrogen functional groups attached to an aromatic ring is 1. The fraction of sp³-hybridized carbons (Fsp3) is 0.125. The van der Waals surface area contributed by atoms with Crippen molar-refractivity contribution in [2.75, 3.05) is 18.7 Å². The van der Waals surface area contributed by atoms with E-state index in [2.05, 4.69) is 15.5 Å². The number of nitrogens with zero attached hydrogens (tertiary/aromatic N) is 3. The van der Waals surface area contributed by atoms with Crippen molar-refractivity contribution < 1.29 is 9.53 Å². The molecule has 0 aliphatic heterocycles. The second kappa shape index (κ2) is 10.0. The Kier molecular flexibility index (Phi) is 6.72. The molecule has 0 saturated heterocycles. The molecule has 0 bridgehead atoms. The fourth-order valence-electron chi connectivity index (χ4n) is 3.30. The van der Waals surface area contributed by atoms with E-state index in [9.17, 15) is 4.79 Å². The van der Waals surface area contributed by atoms with Crippen LogP contribution in [0.4, 0.5) is 0 Å². The highest BCUT2D eigenvalue weighted by Gasteiger charge is 2.18. The van der Waals surface area contributed by atoms with E-state index in [0.717, 1.165) is 22.4 Å². The topological polar surface area (TPSA) is 95.1 Å². The standard InChI is InChI=1S/C24H23N5O2S/c1-31-20-14-12-19(13-15-20)23-27-28-24(29(23)25)32-16-21(30)26-22(17-8-4-2-5-9-17)18-10-6-3-7-11-18/h2-15,22H,16,25H2,1H3,(H,26,30). The molecule has 0 saturated carbocycles. The number of hydrogen-bond donors (Lipinski definition) is 2. The number of hydrogen-bond acceptors (Lipinski definition) is 6. The predicted molar refractivity (Wildman–Crippen MR) is 126 cm³/mol. The summed E-state index contributed by atoms with van der Waals surface area (Å²) in [5, 5.41) is 11.9. The van der Waals surface area contributed by atoms with E-state index in [1.165, 1.54) is 16.4 Å². The van der Waals surface area contributed by atoms with Crippen LogP contribution >= 0.6 is 11.8 Å². The van der Waals surface area contributed by atoms with Crippen molar-refractivity contribution >= 4 is 17.7 Å². The van der Waals surface area contributed by atoms with E-state index in [1.807, 2.05) is 84.9 Å². The van der Waals surface area contributed by atoms with Crippen molar-refractivity contribution in [2.45, 2.75) is 11.2 Å². The molecule has 4 rings (SSSR count). The van der Waals surface area contributed by atoms with Gasteiger partial charge in [-0.25, -0.2) is 4.68 Å². The third-order valence-corrected chi connectivity index (χ3v) is 5.86. The lowest BCUT2D eigenvalue weighted by Crippen LogP contribution is -2.30. The summed E-state index contributed by atoms with van der Waals surface area (Å²) in [6.45, 7) is 0. The summed E-state index contributed by atoms with van der Waals surface area (Å²) in [6.07, 6.45) is 0. The van der Waals surface area contributed by atoms with Gasteiger partial charge >= 0.3 is 0 Å². The highest BCUT2D eigenvalue weighted by Crippen LogP contribution is 2.25. The lowest BCUT2D eigenvalue weighted by Gasteiger charge is -2.19. The highest BCUT2D eigenvalue weighted by atomic mass is 32.2. The first-order valence-corrected chi connectivity index (χ1v) is 11.0. The molecule has 7 nitrogen and oxygen atoms in total. The quantitative estimate of drug-likeness (QED) is 0.317. The van der Waals surface area contributed by atoms with Gasteiger partial charge in [0.1, 0.15) is 5.75 Å². The zero-order valence-electron chi connectivity index (χ0n) is 17.5. The minimum Gasteiger partial charge on any atom is -0.497 e. The molecule has 0 radical (unpaired) electrons. The number of nitrogens with one attached hydrogen (secondary N) is 1. The van der Waals surface area contributed by atoms with E-state index >= 15 is 0 Å². The zero-order chi connectivity index (χ0) is 22.3. The molecule has 0 aliphatic carbocycles. The third kappa shape index (κ3) is 4.92. The van der Waals surface area contributed by atoms with Gasteiger partial charge in [-0.3, -0.25) is 4.79 Å². The van der Waals surface area contributed by atoms with Gasteiger partial charge in [0.2, 0.25) is 11.1 Å². The van der Waals surface area contributed by atoms with Crippen molar-refractivity contribution in [1.82, 2.24) is 20.2 Å². The van der Waals surface area contributed by atoms with Crippen molar-refractivity contribution in [3.8, 4) is 17.1 Å². The van der Waals surface area contributed by atoms with Crippen molar-refractivity contribution in [1.29, 1.82) is 0 Å². The van der Waals surface area contributed by atoms with Crippen LogP contribution in [0, 0.1) is 0 Å². The third-order valence-electron chi connectivity index (χ3n) is 4.92. The molecule has 8 heteroatoms. The van der Waals surface area contributed by atoms with Gasteiger partial charge in [-0.2, -0.15) is 0 Å². The van der Waals surface area contributed by atoms with Crippen LogP contribution in [0.5, 0.6) is 5.75 Å². The number of carbonyl (C=O) groups is 1. The predicted octanol–water partition coefficient (Wildman–Crippen LogP) is 3.67. The molecule has 162 valence electrons. The SMILES string of the molecule is COc1ccc(-c2nnc(SCC(=O)NC(c3ccccc3)c3ccccc3)n2N)cc1. The Balaban J connectivity index is 1.44. The Labute approximate surface area is 190 Å². The highest BCUT2D eigenvalue weighted by molar-refractivity contribution is 7.99. The second-order valence-electron chi connectivity index (χ2n) is 7.02. The van der Waals surface area contributed by atoms with Gasteiger partial charge in [-0.15, -0.1) is 10.2 Å².